The molecule has 0 unspecified atom stereocenters. The van der Waals surface area contributed by atoms with Crippen LogP contribution in [0.3, 0.4) is 0 Å². The minimum absolute atomic E-state index is 0.00352. The van der Waals surface area contributed by atoms with Crippen molar-refractivity contribution >= 4 is 5.78 Å². The summed E-state index contributed by atoms with van der Waals surface area (Å²) in [6.45, 7) is 7.88. The maximum absolute atomic E-state index is 12.0. The van der Waals surface area contributed by atoms with Crippen LogP contribution in [0.15, 0.2) is 30.3 Å². The first-order chi connectivity index (χ1) is 6.43. The highest BCUT2D eigenvalue weighted by Gasteiger charge is 2.27. The van der Waals surface area contributed by atoms with Gasteiger partial charge in [0.25, 0.3) is 0 Å². The summed E-state index contributed by atoms with van der Waals surface area (Å²) >= 11 is 0. The molecule has 1 heteroatoms. The SMILES string of the molecule is C[C@@H](C(=O)C(C)(C)C)c1ccccc1. The van der Waals surface area contributed by atoms with Crippen molar-refractivity contribution in [2.75, 3.05) is 0 Å². The zero-order valence-corrected chi connectivity index (χ0v) is 9.37. The molecule has 1 atom stereocenters. The monoisotopic (exact) mass is 190 g/mol. The van der Waals surface area contributed by atoms with Crippen LogP contribution in [-0.2, 0) is 4.79 Å². The zero-order chi connectivity index (χ0) is 10.8. The fourth-order valence-corrected chi connectivity index (χ4v) is 1.54. The molecule has 0 aliphatic rings. The summed E-state index contributed by atoms with van der Waals surface area (Å²) < 4.78 is 0. The maximum Gasteiger partial charge on any atom is 0.145 e. The van der Waals surface area contributed by atoms with E-state index in [1.807, 2.05) is 58.0 Å². The van der Waals surface area contributed by atoms with E-state index < -0.39 is 0 Å². The van der Waals surface area contributed by atoms with Gasteiger partial charge in [-0.2, -0.15) is 0 Å². The number of hydrogen-bond acceptors (Lipinski definition) is 1. The fraction of sp³-hybridized carbons (Fsp3) is 0.462. The van der Waals surface area contributed by atoms with E-state index in [9.17, 15) is 4.79 Å². The minimum Gasteiger partial charge on any atom is -0.298 e. The third-order valence-corrected chi connectivity index (χ3v) is 2.43. The Balaban J connectivity index is 2.87. The maximum atomic E-state index is 12.0. The molecule has 0 radical (unpaired) electrons. The number of Topliss-reactive ketones (excluding diaryl/α,β-unsaturated/α-hetero) is 1. The quantitative estimate of drug-likeness (QED) is 0.698. The molecular formula is C13H18O. The summed E-state index contributed by atoms with van der Waals surface area (Å²) in [4.78, 5) is 12.0. The third kappa shape index (κ3) is 2.44. The Labute approximate surface area is 86.1 Å². The Morgan fingerprint density at radius 3 is 2.07 bits per heavy atom. The van der Waals surface area contributed by atoms with Gasteiger partial charge in [0.1, 0.15) is 5.78 Å². The molecular weight excluding hydrogens is 172 g/mol. The molecule has 1 aromatic carbocycles. The van der Waals surface area contributed by atoms with E-state index in [1.165, 1.54) is 0 Å². The van der Waals surface area contributed by atoms with Crippen molar-refractivity contribution in [3.63, 3.8) is 0 Å². The zero-order valence-electron chi connectivity index (χ0n) is 9.37. The van der Waals surface area contributed by atoms with Crippen LogP contribution in [0.25, 0.3) is 0 Å². The molecule has 0 saturated heterocycles. The molecule has 1 nitrogen and oxygen atoms in total. The van der Waals surface area contributed by atoms with Crippen molar-refractivity contribution < 1.29 is 4.79 Å². The van der Waals surface area contributed by atoms with Gasteiger partial charge in [-0.25, -0.2) is 0 Å². The molecule has 0 aromatic heterocycles. The average Bonchev–Trinajstić information content (AvgIpc) is 2.15. The molecule has 0 fully saturated rings. The first kappa shape index (κ1) is 11.0. The number of hydrogen-bond donors (Lipinski definition) is 0. The highest BCUT2D eigenvalue weighted by molar-refractivity contribution is 5.89. The Morgan fingerprint density at radius 2 is 1.64 bits per heavy atom. The molecule has 0 spiro atoms. The second-order valence-electron chi connectivity index (χ2n) is 4.75. The molecule has 14 heavy (non-hydrogen) atoms. The summed E-state index contributed by atoms with van der Waals surface area (Å²) in [6, 6.07) is 9.93. The lowest BCUT2D eigenvalue weighted by Crippen LogP contribution is -2.25. The minimum atomic E-state index is -0.255. The van der Waals surface area contributed by atoms with Gasteiger partial charge in [-0.3, -0.25) is 4.79 Å². The predicted molar refractivity (Wildman–Crippen MR) is 59.3 cm³/mol. The number of benzene rings is 1. The molecule has 1 aromatic rings. The molecule has 0 amide bonds. The lowest BCUT2D eigenvalue weighted by Gasteiger charge is -2.21. The molecule has 0 saturated carbocycles. The largest absolute Gasteiger partial charge is 0.298 e. The van der Waals surface area contributed by atoms with E-state index >= 15 is 0 Å². The van der Waals surface area contributed by atoms with Crippen molar-refractivity contribution in [3.05, 3.63) is 35.9 Å². The van der Waals surface area contributed by atoms with E-state index in [2.05, 4.69) is 0 Å². The number of rotatable bonds is 2. The van der Waals surface area contributed by atoms with Crippen molar-refractivity contribution in [3.8, 4) is 0 Å². The van der Waals surface area contributed by atoms with Crippen molar-refractivity contribution in [1.82, 2.24) is 0 Å². The first-order valence-corrected chi connectivity index (χ1v) is 5.02. The van der Waals surface area contributed by atoms with Gasteiger partial charge in [-0.05, 0) is 5.56 Å². The number of carbonyl (C=O) groups is 1. The van der Waals surface area contributed by atoms with Gasteiger partial charge in [-0.1, -0.05) is 58.0 Å². The van der Waals surface area contributed by atoms with Crippen LogP contribution in [0.2, 0.25) is 0 Å². The second kappa shape index (κ2) is 3.95. The first-order valence-electron chi connectivity index (χ1n) is 5.02. The molecule has 0 aliphatic heterocycles. The standard InChI is InChI=1S/C13H18O/c1-10(12(14)13(2,3)4)11-8-6-5-7-9-11/h5-10H,1-4H3/t10-/m1/s1. The Kier molecular flexibility index (Phi) is 3.10. The Morgan fingerprint density at radius 1 is 1.14 bits per heavy atom. The summed E-state index contributed by atoms with van der Waals surface area (Å²) in [5, 5.41) is 0. The lowest BCUT2D eigenvalue weighted by atomic mass is 9.81. The second-order valence-corrected chi connectivity index (χ2v) is 4.75. The van der Waals surface area contributed by atoms with Crippen LogP contribution in [0.4, 0.5) is 0 Å². The van der Waals surface area contributed by atoms with Gasteiger partial charge >= 0.3 is 0 Å². The van der Waals surface area contributed by atoms with E-state index in [1.54, 1.807) is 0 Å². The van der Waals surface area contributed by atoms with Crippen LogP contribution >= 0.6 is 0 Å². The van der Waals surface area contributed by atoms with E-state index in [-0.39, 0.29) is 11.3 Å². The summed E-state index contributed by atoms with van der Waals surface area (Å²) in [7, 11) is 0. The number of carbonyl (C=O) groups excluding carboxylic acids is 1. The highest BCUT2D eigenvalue weighted by atomic mass is 16.1. The van der Waals surface area contributed by atoms with Crippen LogP contribution in [0.5, 0.6) is 0 Å². The summed E-state index contributed by atoms with van der Waals surface area (Å²) in [6.07, 6.45) is 0. The molecule has 76 valence electrons. The summed E-state index contributed by atoms with van der Waals surface area (Å²) in [5.41, 5.74) is 0.849. The fourth-order valence-electron chi connectivity index (χ4n) is 1.54. The smallest absolute Gasteiger partial charge is 0.145 e. The molecule has 1 rings (SSSR count). The molecule has 0 N–H and O–H groups in total. The van der Waals surface area contributed by atoms with Gasteiger partial charge < -0.3 is 0 Å². The van der Waals surface area contributed by atoms with Gasteiger partial charge in [0.15, 0.2) is 0 Å². The van der Waals surface area contributed by atoms with Gasteiger partial charge in [0.05, 0.1) is 0 Å². The lowest BCUT2D eigenvalue weighted by molar-refractivity contribution is -0.127. The van der Waals surface area contributed by atoms with Crippen LogP contribution < -0.4 is 0 Å². The van der Waals surface area contributed by atoms with Gasteiger partial charge in [-0.15, -0.1) is 0 Å². The normalized spacial score (nSPS) is 13.7. The molecule has 0 aliphatic carbocycles. The van der Waals surface area contributed by atoms with Crippen LogP contribution in [0.1, 0.15) is 39.2 Å². The van der Waals surface area contributed by atoms with Gasteiger partial charge in [0.2, 0.25) is 0 Å². The van der Waals surface area contributed by atoms with Crippen molar-refractivity contribution in [1.29, 1.82) is 0 Å². The van der Waals surface area contributed by atoms with Crippen molar-refractivity contribution in [2.45, 2.75) is 33.6 Å². The molecule has 0 bridgehead atoms. The Hall–Kier alpha value is -1.11. The highest BCUT2D eigenvalue weighted by Crippen LogP contribution is 2.26. The Bertz CT molecular complexity index is 306. The summed E-state index contributed by atoms with van der Waals surface area (Å²) in [5.74, 6) is 0.292. The van der Waals surface area contributed by atoms with Crippen molar-refractivity contribution in [2.24, 2.45) is 5.41 Å². The third-order valence-electron chi connectivity index (χ3n) is 2.43. The van der Waals surface area contributed by atoms with Crippen LogP contribution in [0, 0.1) is 5.41 Å². The predicted octanol–water partition coefficient (Wildman–Crippen LogP) is 3.41. The number of ketones is 1. The van der Waals surface area contributed by atoms with Crippen LogP contribution in [-0.4, -0.2) is 5.78 Å². The molecule has 0 heterocycles. The topological polar surface area (TPSA) is 17.1 Å². The average molecular weight is 190 g/mol. The van der Waals surface area contributed by atoms with E-state index in [0.29, 0.717) is 5.78 Å². The van der Waals surface area contributed by atoms with E-state index in [4.69, 9.17) is 0 Å². The van der Waals surface area contributed by atoms with Gasteiger partial charge in [0, 0.05) is 11.3 Å². The van der Waals surface area contributed by atoms with E-state index in [0.717, 1.165) is 5.56 Å².